The van der Waals surface area contributed by atoms with E-state index in [2.05, 4.69) is 0 Å². The quantitative estimate of drug-likeness (QED) is 0.662. The van der Waals surface area contributed by atoms with Gasteiger partial charge in [-0.05, 0) is 30.4 Å². The summed E-state index contributed by atoms with van der Waals surface area (Å²) in [6, 6.07) is 6.17. The number of fused-ring (bicyclic) bond motifs is 5. The number of carbonyl (C=O) groups excluding carboxylic acids is 2. The number of allylic oxidation sites excluding steroid dienone is 2. The first-order valence-corrected chi connectivity index (χ1v) is 6.98. The molecule has 1 saturated heterocycles. The molecule has 2 aliphatic carbocycles. The van der Waals surface area contributed by atoms with Gasteiger partial charge in [0, 0.05) is 0 Å². The molecule has 1 aromatic rings. The van der Waals surface area contributed by atoms with Gasteiger partial charge in [-0.15, -0.1) is 0 Å². The smallest absolute Gasteiger partial charge is 0.337 e. The van der Waals surface area contributed by atoms with Gasteiger partial charge in [-0.3, -0.25) is 9.59 Å². The Hall–Kier alpha value is -2.43. The monoisotopic (exact) mass is 283 g/mol. The topological polar surface area (TPSA) is 74.7 Å². The van der Waals surface area contributed by atoms with Crippen molar-refractivity contribution >= 4 is 23.5 Å². The summed E-state index contributed by atoms with van der Waals surface area (Å²) in [5.74, 6) is -2.02. The van der Waals surface area contributed by atoms with Gasteiger partial charge in [-0.2, -0.15) is 0 Å². The highest BCUT2D eigenvalue weighted by Crippen LogP contribution is 2.53. The molecule has 106 valence electrons. The molecule has 2 bridgehead atoms. The van der Waals surface area contributed by atoms with Crippen LogP contribution < -0.4 is 4.90 Å². The lowest BCUT2D eigenvalue weighted by molar-refractivity contribution is -0.123. The Bertz CT molecular complexity index is 678. The van der Waals surface area contributed by atoms with Crippen molar-refractivity contribution in [3.05, 3.63) is 42.0 Å². The van der Waals surface area contributed by atoms with E-state index in [0.717, 1.165) is 11.3 Å². The number of carboxylic acids is 1. The first-order valence-electron chi connectivity index (χ1n) is 6.98. The Morgan fingerprint density at radius 1 is 1.05 bits per heavy atom. The van der Waals surface area contributed by atoms with E-state index in [4.69, 9.17) is 0 Å². The van der Waals surface area contributed by atoms with Crippen molar-refractivity contribution in [2.45, 2.75) is 6.42 Å². The second kappa shape index (κ2) is 4.04. The van der Waals surface area contributed by atoms with Crippen LogP contribution in [0.5, 0.6) is 0 Å². The molecular weight excluding hydrogens is 270 g/mol. The van der Waals surface area contributed by atoms with E-state index in [1.807, 2.05) is 12.2 Å². The fraction of sp³-hybridized carbons (Fsp3) is 0.312. The highest BCUT2D eigenvalue weighted by atomic mass is 16.4. The molecule has 5 heteroatoms. The number of carbonyl (C=O) groups is 3. The summed E-state index contributed by atoms with van der Waals surface area (Å²) >= 11 is 0. The molecule has 4 rings (SSSR count). The van der Waals surface area contributed by atoms with Crippen LogP contribution in [0.4, 0.5) is 5.69 Å². The highest BCUT2D eigenvalue weighted by molar-refractivity contribution is 6.24. The number of imide groups is 1. The van der Waals surface area contributed by atoms with Crippen molar-refractivity contribution in [2.24, 2.45) is 23.7 Å². The van der Waals surface area contributed by atoms with Crippen LogP contribution in [0.15, 0.2) is 36.4 Å². The van der Waals surface area contributed by atoms with Gasteiger partial charge in [0.2, 0.25) is 11.8 Å². The zero-order chi connectivity index (χ0) is 14.7. The fourth-order valence-corrected chi connectivity index (χ4v) is 3.99. The summed E-state index contributed by atoms with van der Waals surface area (Å²) in [7, 11) is 0. The molecular formula is C16H13NO4. The molecule has 1 saturated carbocycles. The van der Waals surface area contributed by atoms with Crippen LogP contribution in [0.1, 0.15) is 16.8 Å². The number of hydrogen-bond donors (Lipinski definition) is 1. The first kappa shape index (κ1) is 12.3. The number of nitrogens with zero attached hydrogens (tertiary/aromatic N) is 1. The zero-order valence-corrected chi connectivity index (χ0v) is 11.1. The second-order valence-corrected chi connectivity index (χ2v) is 5.83. The Labute approximate surface area is 120 Å². The average Bonchev–Trinajstić information content (AvgIpc) is 3.13. The number of para-hydroxylation sites is 1. The number of hydrogen-bond acceptors (Lipinski definition) is 3. The van der Waals surface area contributed by atoms with Crippen molar-refractivity contribution in [1.82, 2.24) is 0 Å². The summed E-state index contributed by atoms with van der Waals surface area (Å²) < 4.78 is 0. The second-order valence-electron chi connectivity index (χ2n) is 5.83. The number of amides is 2. The SMILES string of the molecule is O=C(O)c1ccccc1N1C(=O)[C@@H]2[C@@H](C1=O)[C@@H]1C=C[C@@H]2C1. The van der Waals surface area contributed by atoms with Gasteiger partial charge in [-0.1, -0.05) is 24.3 Å². The minimum Gasteiger partial charge on any atom is -0.478 e. The highest BCUT2D eigenvalue weighted by Gasteiger charge is 2.59. The summed E-state index contributed by atoms with van der Waals surface area (Å²) in [5, 5.41) is 9.26. The molecule has 0 spiro atoms. The number of rotatable bonds is 2. The van der Waals surface area contributed by atoms with E-state index in [1.165, 1.54) is 12.1 Å². The van der Waals surface area contributed by atoms with Gasteiger partial charge in [0.25, 0.3) is 0 Å². The summed E-state index contributed by atoms with van der Waals surface area (Å²) in [4.78, 5) is 37.7. The van der Waals surface area contributed by atoms with Gasteiger partial charge in [0.1, 0.15) is 0 Å². The Morgan fingerprint density at radius 3 is 2.19 bits per heavy atom. The summed E-state index contributed by atoms with van der Waals surface area (Å²) in [6.07, 6.45) is 4.90. The zero-order valence-electron chi connectivity index (χ0n) is 11.1. The molecule has 3 aliphatic rings. The maximum Gasteiger partial charge on any atom is 0.337 e. The molecule has 0 unspecified atom stereocenters. The maximum absolute atomic E-state index is 12.6. The molecule has 2 fully saturated rings. The third-order valence-corrected chi connectivity index (χ3v) is 4.85. The van der Waals surface area contributed by atoms with Crippen LogP contribution in [-0.2, 0) is 9.59 Å². The third-order valence-electron chi connectivity index (χ3n) is 4.85. The molecule has 0 aromatic heterocycles. The molecule has 21 heavy (non-hydrogen) atoms. The number of benzene rings is 1. The van der Waals surface area contributed by atoms with Crippen molar-refractivity contribution in [3.63, 3.8) is 0 Å². The lowest BCUT2D eigenvalue weighted by Crippen LogP contribution is -2.34. The number of carboxylic acid groups (broad SMARTS) is 1. The molecule has 0 radical (unpaired) electrons. The van der Waals surface area contributed by atoms with Crippen LogP contribution in [0.2, 0.25) is 0 Å². The number of anilines is 1. The van der Waals surface area contributed by atoms with Crippen LogP contribution in [0.25, 0.3) is 0 Å². The van der Waals surface area contributed by atoms with Crippen molar-refractivity contribution in [2.75, 3.05) is 4.90 Å². The molecule has 2 amide bonds. The first-order chi connectivity index (χ1) is 10.1. The standard InChI is InChI=1S/C16H13NO4/c18-14-12-8-5-6-9(7-8)13(12)15(19)17(14)11-4-2-1-3-10(11)16(20)21/h1-6,8-9,12-13H,7H2,(H,20,21)/t8-,9-,12+,13+/m1/s1. The van der Waals surface area contributed by atoms with Crippen LogP contribution in [-0.4, -0.2) is 22.9 Å². The summed E-state index contributed by atoms with van der Waals surface area (Å²) in [6.45, 7) is 0. The minimum atomic E-state index is -1.13. The predicted octanol–water partition coefficient (Wildman–Crippen LogP) is 1.70. The van der Waals surface area contributed by atoms with E-state index in [1.54, 1.807) is 12.1 Å². The van der Waals surface area contributed by atoms with Crippen molar-refractivity contribution in [1.29, 1.82) is 0 Å². The van der Waals surface area contributed by atoms with Crippen LogP contribution in [0, 0.1) is 23.7 Å². The van der Waals surface area contributed by atoms with Crippen LogP contribution in [0.3, 0.4) is 0 Å². The van der Waals surface area contributed by atoms with Gasteiger partial charge >= 0.3 is 5.97 Å². The molecule has 4 atom stereocenters. The summed E-state index contributed by atoms with van der Waals surface area (Å²) in [5.41, 5.74) is 0.174. The largest absolute Gasteiger partial charge is 0.478 e. The fourth-order valence-electron chi connectivity index (χ4n) is 3.99. The minimum absolute atomic E-state index is 0.0144. The van der Waals surface area contributed by atoms with E-state index < -0.39 is 5.97 Å². The molecule has 1 aromatic carbocycles. The third kappa shape index (κ3) is 1.48. The molecule has 1 heterocycles. The molecule has 5 nitrogen and oxygen atoms in total. The number of aromatic carboxylic acids is 1. The predicted molar refractivity (Wildman–Crippen MR) is 73.6 cm³/mol. The van der Waals surface area contributed by atoms with E-state index in [-0.39, 0.29) is 46.7 Å². The van der Waals surface area contributed by atoms with E-state index >= 15 is 0 Å². The molecule has 1 N–H and O–H groups in total. The average molecular weight is 283 g/mol. The Kier molecular flexibility index (Phi) is 2.37. The Balaban J connectivity index is 1.80. The van der Waals surface area contributed by atoms with Gasteiger partial charge in [0.15, 0.2) is 0 Å². The molecule has 1 aliphatic heterocycles. The normalized spacial score (nSPS) is 32.9. The Morgan fingerprint density at radius 2 is 1.62 bits per heavy atom. The van der Waals surface area contributed by atoms with Crippen molar-refractivity contribution < 1.29 is 19.5 Å². The van der Waals surface area contributed by atoms with Gasteiger partial charge in [0.05, 0.1) is 23.1 Å². The van der Waals surface area contributed by atoms with Gasteiger partial charge in [-0.25, -0.2) is 9.69 Å². The van der Waals surface area contributed by atoms with Crippen molar-refractivity contribution in [3.8, 4) is 0 Å². The van der Waals surface area contributed by atoms with E-state index in [9.17, 15) is 19.5 Å². The van der Waals surface area contributed by atoms with Gasteiger partial charge < -0.3 is 5.11 Å². The van der Waals surface area contributed by atoms with Crippen LogP contribution >= 0.6 is 0 Å². The van der Waals surface area contributed by atoms with E-state index in [0.29, 0.717) is 0 Å². The maximum atomic E-state index is 12.6. The lowest BCUT2D eigenvalue weighted by atomic mass is 9.85. The lowest BCUT2D eigenvalue weighted by Gasteiger charge is -2.19.